The summed E-state index contributed by atoms with van der Waals surface area (Å²) in [6, 6.07) is 2.18. The fraction of sp³-hybridized carbons (Fsp3) is 0.643. The van der Waals surface area contributed by atoms with Crippen molar-refractivity contribution in [3.05, 3.63) is 22.4 Å². The van der Waals surface area contributed by atoms with E-state index in [1.807, 2.05) is 4.90 Å². The Morgan fingerprint density at radius 1 is 1.33 bits per heavy atom. The largest absolute Gasteiger partial charge is 0.340 e. The van der Waals surface area contributed by atoms with E-state index in [1.165, 1.54) is 5.56 Å². The second kappa shape index (κ2) is 6.34. The molecule has 1 saturated heterocycles. The normalized spacial score (nSPS) is 17.4. The monoisotopic (exact) mass is 266 g/mol. The summed E-state index contributed by atoms with van der Waals surface area (Å²) in [7, 11) is 0. The molecule has 1 amide bonds. The first kappa shape index (κ1) is 13.6. The highest BCUT2D eigenvalue weighted by molar-refractivity contribution is 7.07. The van der Waals surface area contributed by atoms with Crippen molar-refractivity contribution in [3.63, 3.8) is 0 Å². The van der Waals surface area contributed by atoms with Crippen molar-refractivity contribution >= 4 is 17.2 Å². The van der Waals surface area contributed by atoms with E-state index < -0.39 is 0 Å². The molecule has 1 aromatic rings. The highest BCUT2D eigenvalue weighted by atomic mass is 32.1. The minimum atomic E-state index is 0.320. The molecule has 0 bridgehead atoms. The van der Waals surface area contributed by atoms with Crippen LogP contribution in [0.2, 0.25) is 0 Å². The molecule has 1 aliphatic rings. The summed E-state index contributed by atoms with van der Waals surface area (Å²) in [5.41, 5.74) is 1.39. The van der Waals surface area contributed by atoms with E-state index in [-0.39, 0.29) is 0 Å². The van der Waals surface area contributed by atoms with Gasteiger partial charge in [0.15, 0.2) is 0 Å². The van der Waals surface area contributed by atoms with Gasteiger partial charge in [-0.2, -0.15) is 11.3 Å². The molecule has 0 aromatic carbocycles. The van der Waals surface area contributed by atoms with E-state index in [4.69, 9.17) is 0 Å². The van der Waals surface area contributed by atoms with Crippen molar-refractivity contribution < 1.29 is 4.79 Å². The highest BCUT2D eigenvalue weighted by Crippen LogP contribution is 2.13. The topological polar surface area (TPSA) is 23.6 Å². The molecule has 0 unspecified atom stereocenters. The van der Waals surface area contributed by atoms with Crippen LogP contribution >= 0.6 is 11.3 Å². The van der Waals surface area contributed by atoms with Crippen LogP contribution < -0.4 is 0 Å². The lowest BCUT2D eigenvalue weighted by molar-refractivity contribution is -0.133. The first-order valence-corrected chi connectivity index (χ1v) is 7.60. The molecule has 100 valence electrons. The third-order valence-electron chi connectivity index (χ3n) is 3.29. The molecule has 4 heteroatoms. The number of hydrogen-bond donors (Lipinski definition) is 0. The van der Waals surface area contributed by atoms with Crippen molar-refractivity contribution in [2.24, 2.45) is 5.92 Å². The fourth-order valence-electron chi connectivity index (χ4n) is 2.27. The maximum absolute atomic E-state index is 11.9. The van der Waals surface area contributed by atoms with Gasteiger partial charge in [-0.1, -0.05) is 13.8 Å². The Hall–Kier alpha value is -0.870. The van der Waals surface area contributed by atoms with Gasteiger partial charge in [0.05, 0.1) is 0 Å². The zero-order valence-electron chi connectivity index (χ0n) is 11.3. The van der Waals surface area contributed by atoms with Gasteiger partial charge in [0.2, 0.25) is 5.91 Å². The van der Waals surface area contributed by atoms with Gasteiger partial charge in [-0.25, -0.2) is 0 Å². The molecule has 1 fully saturated rings. The zero-order chi connectivity index (χ0) is 13.0. The van der Waals surface area contributed by atoms with Crippen LogP contribution in [0.1, 0.15) is 25.8 Å². The van der Waals surface area contributed by atoms with Crippen molar-refractivity contribution in [2.75, 3.05) is 26.2 Å². The van der Waals surface area contributed by atoms with Crippen LogP contribution in [-0.4, -0.2) is 41.9 Å². The molecular weight excluding hydrogens is 244 g/mol. The number of carbonyl (C=O) groups is 1. The Morgan fingerprint density at radius 3 is 2.61 bits per heavy atom. The Morgan fingerprint density at radius 2 is 2.06 bits per heavy atom. The summed E-state index contributed by atoms with van der Waals surface area (Å²) in [5.74, 6) is 0.779. The van der Waals surface area contributed by atoms with Gasteiger partial charge in [-0.05, 0) is 28.3 Å². The number of rotatable bonds is 4. The number of hydrogen-bond acceptors (Lipinski definition) is 3. The molecule has 2 heterocycles. The lowest BCUT2D eigenvalue weighted by Gasteiger charge is -2.35. The summed E-state index contributed by atoms with van der Waals surface area (Å²) < 4.78 is 0. The van der Waals surface area contributed by atoms with E-state index in [0.717, 1.165) is 32.7 Å². The lowest BCUT2D eigenvalue weighted by Crippen LogP contribution is -2.48. The van der Waals surface area contributed by atoms with Crippen LogP contribution in [0.5, 0.6) is 0 Å². The maximum Gasteiger partial charge on any atom is 0.222 e. The smallest absolute Gasteiger partial charge is 0.222 e. The number of nitrogens with zero attached hydrogens (tertiary/aromatic N) is 2. The number of amides is 1. The summed E-state index contributed by atoms with van der Waals surface area (Å²) in [6.07, 6.45) is 0.685. The second-order valence-electron chi connectivity index (χ2n) is 5.39. The fourth-order valence-corrected chi connectivity index (χ4v) is 2.93. The molecule has 18 heavy (non-hydrogen) atoms. The third kappa shape index (κ3) is 3.82. The summed E-state index contributed by atoms with van der Waals surface area (Å²) in [6.45, 7) is 9.00. The van der Waals surface area contributed by atoms with Gasteiger partial charge in [0.25, 0.3) is 0 Å². The van der Waals surface area contributed by atoms with Crippen LogP contribution in [0, 0.1) is 5.92 Å². The van der Waals surface area contributed by atoms with E-state index in [2.05, 4.69) is 35.6 Å². The quantitative estimate of drug-likeness (QED) is 0.835. The summed E-state index contributed by atoms with van der Waals surface area (Å²) in [4.78, 5) is 16.4. The molecule has 0 saturated carbocycles. The lowest BCUT2D eigenvalue weighted by atomic mass is 10.1. The van der Waals surface area contributed by atoms with Gasteiger partial charge in [-0.15, -0.1) is 0 Å². The van der Waals surface area contributed by atoms with E-state index in [1.54, 1.807) is 11.3 Å². The average molecular weight is 266 g/mol. The summed E-state index contributed by atoms with van der Waals surface area (Å²) in [5, 5.41) is 4.33. The van der Waals surface area contributed by atoms with Crippen LogP contribution in [0.15, 0.2) is 16.8 Å². The molecule has 0 radical (unpaired) electrons. The Labute approximate surface area is 113 Å². The minimum Gasteiger partial charge on any atom is -0.340 e. The molecule has 3 nitrogen and oxygen atoms in total. The molecule has 1 aromatic heterocycles. The molecule has 0 N–H and O–H groups in total. The van der Waals surface area contributed by atoms with Crippen LogP contribution in [-0.2, 0) is 11.3 Å². The molecule has 0 spiro atoms. The standard InChI is InChI=1S/C14H22N2OS/c1-12(2)9-14(17)16-6-4-15(5-7-16)10-13-3-8-18-11-13/h3,8,11-12H,4-7,9-10H2,1-2H3. The van der Waals surface area contributed by atoms with Crippen LogP contribution in [0.25, 0.3) is 0 Å². The van der Waals surface area contributed by atoms with Crippen molar-refractivity contribution in [1.82, 2.24) is 9.80 Å². The molecular formula is C14H22N2OS. The first-order chi connectivity index (χ1) is 8.65. The van der Waals surface area contributed by atoms with Crippen molar-refractivity contribution in [2.45, 2.75) is 26.8 Å². The average Bonchev–Trinajstić information content (AvgIpc) is 2.82. The Kier molecular flexibility index (Phi) is 4.78. The van der Waals surface area contributed by atoms with Crippen molar-refractivity contribution in [3.8, 4) is 0 Å². The van der Waals surface area contributed by atoms with Gasteiger partial charge in [-0.3, -0.25) is 9.69 Å². The van der Waals surface area contributed by atoms with Gasteiger partial charge < -0.3 is 4.90 Å². The predicted molar refractivity (Wildman–Crippen MR) is 75.6 cm³/mol. The van der Waals surface area contributed by atoms with Crippen LogP contribution in [0.4, 0.5) is 0 Å². The molecule has 0 atom stereocenters. The summed E-state index contributed by atoms with van der Waals surface area (Å²) >= 11 is 1.75. The zero-order valence-corrected chi connectivity index (χ0v) is 12.1. The predicted octanol–water partition coefficient (Wildman–Crippen LogP) is 2.44. The third-order valence-corrected chi connectivity index (χ3v) is 4.03. The highest BCUT2D eigenvalue weighted by Gasteiger charge is 2.21. The van der Waals surface area contributed by atoms with E-state index >= 15 is 0 Å². The van der Waals surface area contributed by atoms with E-state index in [9.17, 15) is 4.79 Å². The Bertz CT molecular complexity index is 367. The van der Waals surface area contributed by atoms with E-state index in [0.29, 0.717) is 18.2 Å². The SMILES string of the molecule is CC(C)CC(=O)N1CCN(Cc2ccsc2)CC1. The number of thiophene rings is 1. The number of carbonyl (C=O) groups excluding carboxylic acids is 1. The van der Waals surface area contributed by atoms with Gasteiger partial charge in [0, 0.05) is 39.1 Å². The van der Waals surface area contributed by atoms with Gasteiger partial charge >= 0.3 is 0 Å². The van der Waals surface area contributed by atoms with Crippen molar-refractivity contribution in [1.29, 1.82) is 0 Å². The minimum absolute atomic E-state index is 0.320. The van der Waals surface area contributed by atoms with Crippen LogP contribution in [0.3, 0.4) is 0 Å². The second-order valence-corrected chi connectivity index (χ2v) is 6.17. The van der Waals surface area contributed by atoms with Gasteiger partial charge in [0.1, 0.15) is 0 Å². The molecule has 2 rings (SSSR count). The Balaban J connectivity index is 1.76. The number of piperazine rings is 1. The molecule has 1 aliphatic heterocycles. The molecule has 0 aliphatic carbocycles. The maximum atomic E-state index is 11.9. The first-order valence-electron chi connectivity index (χ1n) is 6.66.